The zero-order valence-corrected chi connectivity index (χ0v) is 13.9. The summed E-state index contributed by atoms with van der Waals surface area (Å²) in [4.78, 5) is 17.8. The van der Waals surface area contributed by atoms with Gasteiger partial charge in [0.15, 0.2) is 0 Å². The summed E-state index contributed by atoms with van der Waals surface area (Å²) in [6.45, 7) is 3.04. The molecule has 0 saturated carbocycles. The van der Waals surface area contributed by atoms with Crippen LogP contribution in [0.3, 0.4) is 0 Å². The molecule has 0 radical (unpaired) electrons. The molecule has 6 heteroatoms. The number of carbonyl (C=O) groups excluding carboxylic acids is 1. The second kappa shape index (κ2) is 7.47. The number of amides is 1. The molecule has 0 aliphatic carbocycles. The third-order valence-electron chi connectivity index (χ3n) is 3.01. The quantitative estimate of drug-likeness (QED) is 0.772. The van der Waals surface area contributed by atoms with Gasteiger partial charge in [-0.1, -0.05) is 35.3 Å². The molecule has 1 heterocycles. The highest BCUT2D eigenvalue weighted by atomic mass is 35.5. The number of hydrogen-bond donors (Lipinski definition) is 0. The van der Waals surface area contributed by atoms with Crippen molar-refractivity contribution >= 4 is 29.1 Å². The number of benzene rings is 1. The van der Waals surface area contributed by atoms with E-state index in [1.54, 1.807) is 11.9 Å². The molecule has 0 aliphatic heterocycles. The fourth-order valence-corrected chi connectivity index (χ4v) is 2.47. The first-order valence-electron chi connectivity index (χ1n) is 6.80. The van der Waals surface area contributed by atoms with E-state index in [2.05, 4.69) is 4.98 Å². The number of pyridine rings is 1. The Morgan fingerprint density at radius 1 is 1.18 bits per heavy atom. The third kappa shape index (κ3) is 4.36. The van der Waals surface area contributed by atoms with Gasteiger partial charge in [-0.15, -0.1) is 0 Å². The van der Waals surface area contributed by atoms with Gasteiger partial charge in [-0.25, -0.2) is 4.98 Å². The molecule has 0 saturated heterocycles. The molecule has 22 heavy (non-hydrogen) atoms. The second-order valence-corrected chi connectivity index (χ2v) is 5.51. The van der Waals surface area contributed by atoms with Crippen LogP contribution in [0.1, 0.15) is 22.8 Å². The van der Waals surface area contributed by atoms with E-state index in [0.29, 0.717) is 18.7 Å². The number of ether oxygens (including phenoxy) is 1. The molecule has 2 aromatic rings. The first-order chi connectivity index (χ1) is 10.5. The Labute approximate surface area is 139 Å². The van der Waals surface area contributed by atoms with E-state index in [-0.39, 0.29) is 16.2 Å². The van der Waals surface area contributed by atoms with Crippen molar-refractivity contribution in [2.24, 2.45) is 0 Å². The zero-order chi connectivity index (χ0) is 16.1. The molecule has 0 aliphatic rings. The molecular weight excluding hydrogens is 323 g/mol. The van der Waals surface area contributed by atoms with Crippen LogP contribution in [0, 0.1) is 0 Å². The van der Waals surface area contributed by atoms with Gasteiger partial charge in [0.25, 0.3) is 5.91 Å². The van der Waals surface area contributed by atoms with Gasteiger partial charge in [0.1, 0.15) is 16.1 Å². The van der Waals surface area contributed by atoms with Crippen LogP contribution in [0.5, 0.6) is 5.75 Å². The van der Waals surface area contributed by atoms with Crippen LogP contribution in [0.25, 0.3) is 0 Å². The SMILES string of the molecule is CCOc1ccc(CN(C)C(=O)c2cc(Cl)nc(Cl)c2)cc1. The summed E-state index contributed by atoms with van der Waals surface area (Å²) in [5, 5.41) is 0.399. The molecule has 116 valence electrons. The number of aromatic nitrogens is 1. The first kappa shape index (κ1) is 16.6. The van der Waals surface area contributed by atoms with Crippen LogP contribution in [-0.4, -0.2) is 29.4 Å². The van der Waals surface area contributed by atoms with Crippen LogP contribution >= 0.6 is 23.2 Å². The Balaban J connectivity index is 2.07. The lowest BCUT2D eigenvalue weighted by molar-refractivity contribution is 0.0785. The van der Waals surface area contributed by atoms with E-state index in [1.165, 1.54) is 12.1 Å². The monoisotopic (exact) mass is 338 g/mol. The normalized spacial score (nSPS) is 10.4. The maximum Gasteiger partial charge on any atom is 0.254 e. The standard InChI is InChI=1S/C16H16Cl2N2O2/c1-3-22-13-6-4-11(5-7-13)10-20(2)16(21)12-8-14(17)19-15(18)9-12/h4-9H,3,10H2,1-2H3. The van der Waals surface area contributed by atoms with Crippen molar-refractivity contribution in [3.05, 3.63) is 57.8 Å². The van der Waals surface area contributed by atoms with Gasteiger partial charge in [-0.05, 0) is 36.8 Å². The van der Waals surface area contributed by atoms with Crippen LogP contribution in [-0.2, 0) is 6.54 Å². The third-order valence-corrected chi connectivity index (χ3v) is 3.40. The lowest BCUT2D eigenvalue weighted by atomic mass is 10.2. The Morgan fingerprint density at radius 2 is 1.77 bits per heavy atom. The lowest BCUT2D eigenvalue weighted by Crippen LogP contribution is -2.26. The highest BCUT2D eigenvalue weighted by molar-refractivity contribution is 6.33. The topological polar surface area (TPSA) is 42.4 Å². The Bertz CT molecular complexity index is 639. The summed E-state index contributed by atoms with van der Waals surface area (Å²) in [7, 11) is 1.72. The van der Waals surface area contributed by atoms with Crippen molar-refractivity contribution in [3.63, 3.8) is 0 Å². The van der Waals surface area contributed by atoms with Crippen LogP contribution < -0.4 is 4.74 Å². The van der Waals surface area contributed by atoms with Crippen LogP contribution in [0.15, 0.2) is 36.4 Å². The molecule has 0 fully saturated rings. The van der Waals surface area contributed by atoms with Gasteiger partial charge in [0, 0.05) is 19.2 Å². The maximum atomic E-state index is 12.4. The number of carbonyl (C=O) groups is 1. The number of hydrogen-bond acceptors (Lipinski definition) is 3. The highest BCUT2D eigenvalue weighted by Gasteiger charge is 2.14. The van der Waals surface area contributed by atoms with E-state index < -0.39 is 0 Å². The number of halogens is 2. The molecule has 0 unspecified atom stereocenters. The van der Waals surface area contributed by atoms with E-state index in [4.69, 9.17) is 27.9 Å². The predicted molar refractivity (Wildman–Crippen MR) is 87.7 cm³/mol. The van der Waals surface area contributed by atoms with Gasteiger partial charge in [0.05, 0.1) is 6.61 Å². The molecule has 1 amide bonds. The van der Waals surface area contributed by atoms with Gasteiger partial charge in [-0.3, -0.25) is 4.79 Å². The Kier molecular flexibility index (Phi) is 5.63. The van der Waals surface area contributed by atoms with Crippen molar-refractivity contribution in [2.45, 2.75) is 13.5 Å². The van der Waals surface area contributed by atoms with E-state index in [1.807, 2.05) is 31.2 Å². The van der Waals surface area contributed by atoms with Crippen LogP contribution in [0.2, 0.25) is 10.3 Å². The molecule has 1 aromatic heterocycles. The zero-order valence-electron chi connectivity index (χ0n) is 12.3. The Morgan fingerprint density at radius 3 is 2.32 bits per heavy atom. The number of nitrogens with zero attached hydrogens (tertiary/aromatic N) is 2. The highest BCUT2D eigenvalue weighted by Crippen LogP contribution is 2.18. The lowest BCUT2D eigenvalue weighted by Gasteiger charge is -2.17. The smallest absolute Gasteiger partial charge is 0.254 e. The van der Waals surface area contributed by atoms with E-state index in [9.17, 15) is 4.79 Å². The summed E-state index contributed by atoms with van der Waals surface area (Å²) in [5.74, 6) is 0.646. The fraction of sp³-hybridized carbons (Fsp3) is 0.250. The molecule has 2 rings (SSSR count). The summed E-state index contributed by atoms with van der Waals surface area (Å²) in [6, 6.07) is 10.6. The molecule has 0 bridgehead atoms. The molecular formula is C16H16Cl2N2O2. The average Bonchev–Trinajstić information content (AvgIpc) is 2.47. The Hall–Kier alpha value is -1.78. The average molecular weight is 339 g/mol. The minimum absolute atomic E-state index is 0.167. The minimum atomic E-state index is -0.167. The van der Waals surface area contributed by atoms with Gasteiger partial charge < -0.3 is 9.64 Å². The maximum absolute atomic E-state index is 12.4. The van der Waals surface area contributed by atoms with Crippen LogP contribution in [0.4, 0.5) is 0 Å². The molecule has 1 aromatic carbocycles. The summed E-state index contributed by atoms with van der Waals surface area (Å²) in [5.41, 5.74) is 1.42. The van der Waals surface area contributed by atoms with E-state index in [0.717, 1.165) is 11.3 Å². The molecule has 4 nitrogen and oxygen atoms in total. The van der Waals surface area contributed by atoms with Gasteiger partial charge >= 0.3 is 0 Å². The summed E-state index contributed by atoms with van der Waals surface area (Å²) in [6.07, 6.45) is 0. The minimum Gasteiger partial charge on any atom is -0.494 e. The summed E-state index contributed by atoms with van der Waals surface area (Å²) >= 11 is 11.7. The fourth-order valence-electron chi connectivity index (χ4n) is 2.01. The molecule has 0 spiro atoms. The van der Waals surface area contributed by atoms with Crippen molar-refractivity contribution in [3.8, 4) is 5.75 Å². The first-order valence-corrected chi connectivity index (χ1v) is 7.55. The predicted octanol–water partition coefficient (Wildman–Crippen LogP) is 4.06. The number of rotatable bonds is 5. The van der Waals surface area contributed by atoms with Gasteiger partial charge in [-0.2, -0.15) is 0 Å². The molecule has 0 N–H and O–H groups in total. The van der Waals surface area contributed by atoms with Crippen molar-refractivity contribution < 1.29 is 9.53 Å². The van der Waals surface area contributed by atoms with Crippen molar-refractivity contribution in [2.75, 3.05) is 13.7 Å². The van der Waals surface area contributed by atoms with Gasteiger partial charge in [0.2, 0.25) is 0 Å². The molecule has 0 atom stereocenters. The van der Waals surface area contributed by atoms with Crippen molar-refractivity contribution in [1.82, 2.24) is 9.88 Å². The second-order valence-electron chi connectivity index (χ2n) is 4.74. The largest absolute Gasteiger partial charge is 0.494 e. The summed E-state index contributed by atoms with van der Waals surface area (Å²) < 4.78 is 5.39. The van der Waals surface area contributed by atoms with Crippen molar-refractivity contribution in [1.29, 1.82) is 0 Å². The van der Waals surface area contributed by atoms with E-state index >= 15 is 0 Å².